The number of aliphatic imine (C=N–C) groups is 1. The Balaban J connectivity index is 2.35. The third-order valence-electron chi connectivity index (χ3n) is 2.76. The van der Waals surface area contributed by atoms with Crippen molar-refractivity contribution >= 4 is 16.8 Å². The van der Waals surface area contributed by atoms with Crippen molar-refractivity contribution in [1.82, 2.24) is 0 Å². The Morgan fingerprint density at radius 3 is 2.62 bits per heavy atom. The summed E-state index contributed by atoms with van der Waals surface area (Å²) in [5.74, 6) is 0.673. The molecule has 0 atom stereocenters. The summed E-state index contributed by atoms with van der Waals surface area (Å²) in [6.45, 7) is 8.89. The minimum atomic E-state index is -0.0634. The standard InChI is InChI=1S/C14H19NS/c1-10(2)9-13-15-14(3,4)11-7-5-6-8-12(11)16-13/h5-8,10H,9H2,1-4H3. The first kappa shape index (κ1) is 11.7. The summed E-state index contributed by atoms with van der Waals surface area (Å²) >= 11 is 1.84. The molecule has 1 aromatic rings. The lowest BCUT2D eigenvalue weighted by atomic mass is 9.94. The summed E-state index contributed by atoms with van der Waals surface area (Å²) in [6.07, 6.45) is 1.09. The van der Waals surface area contributed by atoms with E-state index in [4.69, 9.17) is 4.99 Å². The van der Waals surface area contributed by atoms with E-state index in [0.29, 0.717) is 5.92 Å². The Morgan fingerprint density at radius 2 is 1.94 bits per heavy atom. The van der Waals surface area contributed by atoms with Crippen LogP contribution < -0.4 is 0 Å². The second-order valence-corrected chi connectivity index (χ2v) is 6.38. The van der Waals surface area contributed by atoms with Gasteiger partial charge in [-0.05, 0) is 37.8 Å². The van der Waals surface area contributed by atoms with Gasteiger partial charge in [0.05, 0.1) is 10.6 Å². The van der Waals surface area contributed by atoms with Crippen molar-refractivity contribution in [2.24, 2.45) is 10.9 Å². The summed E-state index contributed by atoms with van der Waals surface area (Å²) in [6, 6.07) is 8.61. The average Bonchev–Trinajstić information content (AvgIpc) is 2.15. The fraction of sp³-hybridized carbons (Fsp3) is 0.500. The number of rotatable bonds is 2. The highest BCUT2D eigenvalue weighted by Gasteiger charge is 2.28. The van der Waals surface area contributed by atoms with E-state index < -0.39 is 0 Å². The lowest BCUT2D eigenvalue weighted by Crippen LogP contribution is -2.21. The first-order valence-corrected chi connectivity index (χ1v) is 6.67. The van der Waals surface area contributed by atoms with Gasteiger partial charge in [-0.15, -0.1) is 0 Å². The summed E-state index contributed by atoms with van der Waals surface area (Å²) in [5.41, 5.74) is 1.29. The van der Waals surface area contributed by atoms with Gasteiger partial charge in [-0.2, -0.15) is 0 Å². The van der Waals surface area contributed by atoms with Crippen LogP contribution in [0, 0.1) is 5.92 Å². The first-order valence-electron chi connectivity index (χ1n) is 5.85. The molecular formula is C14H19NS. The SMILES string of the molecule is CC(C)CC1=NC(C)(C)c2ccccc2S1. The summed E-state index contributed by atoms with van der Waals surface area (Å²) in [7, 11) is 0. The van der Waals surface area contributed by atoms with E-state index in [2.05, 4.69) is 52.0 Å². The van der Waals surface area contributed by atoms with Crippen LogP contribution in [0.4, 0.5) is 0 Å². The third-order valence-corrected chi connectivity index (χ3v) is 3.83. The highest BCUT2D eigenvalue weighted by atomic mass is 32.2. The average molecular weight is 233 g/mol. The number of benzene rings is 1. The van der Waals surface area contributed by atoms with Crippen LogP contribution in [0.3, 0.4) is 0 Å². The molecule has 0 aliphatic carbocycles. The Hall–Kier alpha value is -0.760. The molecule has 1 nitrogen and oxygen atoms in total. The quantitative estimate of drug-likeness (QED) is 0.734. The van der Waals surface area contributed by atoms with Crippen LogP contribution in [0.2, 0.25) is 0 Å². The van der Waals surface area contributed by atoms with Crippen molar-refractivity contribution in [2.75, 3.05) is 0 Å². The highest BCUT2D eigenvalue weighted by molar-refractivity contribution is 8.14. The van der Waals surface area contributed by atoms with Gasteiger partial charge in [0.1, 0.15) is 0 Å². The maximum absolute atomic E-state index is 4.88. The largest absolute Gasteiger partial charge is 0.272 e. The van der Waals surface area contributed by atoms with Gasteiger partial charge in [0.2, 0.25) is 0 Å². The maximum atomic E-state index is 4.88. The van der Waals surface area contributed by atoms with E-state index in [1.807, 2.05) is 11.8 Å². The van der Waals surface area contributed by atoms with Crippen molar-refractivity contribution in [1.29, 1.82) is 0 Å². The number of hydrogen-bond donors (Lipinski definition) is 0. The molecule has 16 heavy (non-hydrogen) atoms. The van der Waals surface area contributed by atoms with Gasteiger partial charge >= 0.3 is 0 Å². The van der Waals surface area contributed by atoms with Crippen molar-refractivity contribution < 1.29 is 0 Å². The Bertz CT molecular complexity index is 418. The highest BCUT2D eigenvalue weighted by Crippen LogP contribution is 2.40. The second-order valence-electron chi connectivity index (χ2n) is 5.26. The van der Waals surface area contributed by atoms with Crippen molar-refractivity contribution in [3.05, 3.63) is 29.8 Å². The molecule has 1 aromatic carbocycles. The predicted octanol–water partition coefficient (Wildman–Crippen LogP) is 4.47. The lowest BCUT2D eigenvalue weighted by Gasteiger charge is -2.29. The molecular weight excluding hydrogens is 214 g/mol. The van der Waals surface area contributed by atoms with Gasteiger partial charge in [-0.3, -0.25) is 4.99 Å². The summed E-state index contributed by atoms with van der Waals surface area (Å²) in [5, 5.41) is 1.28. The van der Waals surface area contributed by atoms with E-state index in [-0.39, 0.29) is 5.54 Å². The summed E-state index contributed by atoms with van der Waals surface area (Å²) < 4.78 is 0. The lowest BCUT2D eigenvalue weighted by molar-refractivity contribution is 0.540. The fourth-order valence-corrected chi connectivity index (χ4v) is 3.54. The molecule has 1 heterocycles. The van der Waals surface area contributed by atoms with Crippen LogP contribution in [0.25, 0.3) is 0 Å². The number of fused-ring (bicyclic) bond motifs is 1. The van der Waals surface area contributed by atoms with Crippen LogP contribution in [-0.2, 0) is 5.54 Å². The topological polar surface area (TPSA) is 12.4 Å². The smallest absolute Gasteiger partial charge is 0.0820 e. The number of thioether (sulfide) groups is 1. The van der Waals surface area contributed by atoms with Crippen molar-refractivity contribution in [3.63, 3.8) is 0 Å². The molecule has 2 heteroatoms. The zero-order valence-electron chi connectivity index (χ0n) is 10.4. The molecule has 1 aliphatic rings. The zero-order valence-corrected chi connectivity index (χ0v) is 11.3. The second kappa shape index (κ2) is 4.25. The molecule has 1 aliphatic heterocycles. The molecule has 0 saturated heterocycles. The minimum Gasteiger partial charge on any atom is -0.272 e. The Labute approximate surface area is 102 Å². The molecule has 0 aromatic heterocycles. The molecule has 0 fully saturated rings. The summed E-state index contributed by atoms with van der Waals surface area (Å²) in [4.78, 5) is 6.25. The van der Waals surface area contributed by atoms with Gasteiger partial charge in [0.25, 0.3) is 0 Å². The molecule has 2 rings (SSSR count). The van der Waals surface area contributed by atoms with E-state index in [9.17, 15) is 0 Å². The maximum Gasteiger partial charge on any atom is 0.0820 e. The molecule has 0 radical (unpaired) electrons. The molecule has 0 spiro atoms. The number of nitrogens with zero attached hydrogens (tertiary/aromatic N) is 1. The van der Waals surface area contributed by atoms with Gasteiger partial charge in [-0.25, -0.2) is 0 Å². The monoisotopic (exact) mass is 233 g/mol. The van der Waals surface area contributed by atoms with E-state index in [1.165, 1.54) is 15.5 Å². The molecule has 86 valence electrons. The zero-order chi connectivity index (χ0) is 11.8. The van der Waals surface area contributed by atoms with Crippen molar-refractivity contribution in [3.8, 4) is 0 Å². The molecule has 0 unspecified atom stereocenters. The van der Waals surface area contributed by atoms with Crippen molar-refractivity contribution in [2.45, 2.75) is 44.6 Å². The fourth-order valence-electron chi connectivity index (χ4n) is 2.02. The van der Waals surface area contributed by atoms with Crippen LogP contribution >= 0.6 is 11.8 Å². The molecule has 0 bridgehead atoms. The molecule has 0 amide bonds. The van der Waals surface area contributed by atoms with Gasteiger partial charge < -0.3 is 0 Å². The van der Waals surface area contributed by atoms with Crippen LogP contribution in [0.15, 0.2) is 34.2 Å². The predicted molar refractivity (Wildman–Crippen MR) is 72.2 cm³/mol. The third kappa shape index (κ3) is 2.32. The molecule has 0 saturated carbocycles. The number of hydrogen-bond acceptors (Lipinski definition) is 2. The molecule has 0 N–H and O–H groups in total. The van der Waals surface area contributed by atoms with Crippen LogP contribution in [-0.4, -0.2) is 5.04 Å². The van der Waals surface area contributed by atoms with Gasteiger partial charge in [-0.1, -0.05) is 43.8 Å². The van der Waals surface area contributed by atoms with Crippen LogP contribution in [0.1, 0.15) is 39.7 Å². The van der Waals surface area contributed by atoms with E-state index in [0.717, 1.165) is 6.42 Å². The normalized spacial score (nSPS) is 18.2. The van der Waals surface area contributed by atoms with Gasteiger partial charge in [0, 0.05) is 4.90 Å². The van der Waals surface area contributed by atoms with Crippen LogP contribution in [0.5, 0.6) is 0 Å². The van der Waals surface area contributed by atoms with Gasteiger partial charge in [0.15, 0.2) is 0 Å². The van der Waals surface area contributed by atoms with E-state index in [1.54, 1.807) is 0 Å². The first-order chi connectivity index (χ1) is 7.49. The van der Waals surface area contributed by atoms with E-state index >= 15 is 0 Å². The Morgan fingerprint density at radius 1 is 1.25 bits per heavy atom. The Kier molecular flexibility index (Phi) is 3.11. The minimum absolute atomic E-state index is 0.0634.